The van der Waals surface area contributed by atoms with Crippen LogP contribution in [0.1, 0.15) is 31.1 Å². The Bertz CT molecular complexity index is 1830. The van der Waals surface area contributed by atoms with E-state index in [0.29, 0.717) is 18.2 Å². The molecule has 5 atom stereocenters. The molecule has 1 saturated heterocycles. The SMILES string of the molecule is COCOc1c(O)cc2c(c1O)-c1c(cc(O)c(OCOC)c1O)C(=O)O[C@H]1[C@H](O)[C@@H](O)[C@H](OC(=O)c3cc(O)c(O)c(O)c3)O[C@@H]1COC2=O. The maximum atomic E-state index is 13.8. The number of aliphatic hydroxyl groups excluding tert-OH is 2. The Labute approximate surface area is 285 Å². The third kappa shape index (κ3) is 6.80. The van der Waals surface area contributed by atoms with Gasteiger partial charge in [0.25, 0.3) is 0 Å². The number of hydrogen-bond acceptors (Lipinski definition) is 20. The number of esters is 3. The van der Waals surface area contributed by atoms with Gasteiger partial charge in [-0.15, -0.1) is 0 Å². The first-order valence-electron chi connectivity index (χ1n) is 14.5. The number of phenolic OH excluding ortho intramolecular Hbond substituents is 7. The summed E-state index contributed by atoms with van der Waals surface area (Å²) in [5, 5.41) is 95.0. The second-order valence-electron chi connectivity index (χ2n) is 10.9. The summed E-state index contributed by atoms with van der Waals surface area (Å²) in [5.41, 5.74) is -3.44. The summed E-state index contributed by atoms with van der Waals surface area (Å²) in [6, 6.07) is 2.89. The van der Waals surface area contributed by atoms with Crippen molar-refractivity contribution in [2.45, 2.75) is 30.7 Å². The summed E-state index contributed by atoms with van der Waals surface area (Å²) in [6.07, 6.45) is -10.1. The number of fused-ring (bicyclic) bond motifs is 4. The number of hydrogen-bond donors (Lipinski definition) is 9. The molecule has 0 saturated carbocycles. The highest BCUT2D eigenvalue weighted by Crippen LogP contribution is 2.53. The number of aliphatic hydroxyl groups is 2. The lowest BCUT2D eigenvalue weighted by Gasteiger charge is -2.41. The molecule has 20 nitrogen and oxygen atoms in total. The zero-order valence-corrected chi connectivity index (χ0v) is 26.3. The Hall–Kier alpha value is -5.93. The van der Waals surface area contributed by atoms with E-state index in [9.17, 15) is 60.3 Å². The minimum Gasteiger partial charge on any atom is -0.504 e. The Morgan fingerprint density at radius 1 is 0.725 bits per heavy atom. The predicted molar refractivity (Wildman–Crippen MR) is 161 cm³/mol. The molecule has 20 heteroatoms. The number of ether oxygens (including phenoxy) is 8. The number of rotatable bonds is 8. The lowest BCUT2D eigenvalue weighted by molar-refractivity contribution is -0.284. The Kier molecular flexibility index (Phi) is 10.3. The van der Waals surface area contributed by atoms with Gasteiger partial charge in [0.1, 0.15) is 24.9 Å². The van der Waals surface area contributed by atoms with Crippen LogP contribution in [0.15, 0.2) is 24.3 Å². The van der Waals surface area contributed by atoms with E-state index in [0.717, 1.165) is 6.07 Å². The fourth-order valence-corrected chi connectivity index (χ4v) is 5.22. The average molecular weight is 723 g/mol. The quantitative estimate of drug-likeness (QED) is 0.0651. The zero-order chi connectivity index (χ0) is 37.3. The van der Waals surface area contributed by atoms with Crippen LogP contribution < -0.4 is 9.47 Å². The first-order chi connectivity index (χ1) is 24.2. The maximum absolute atomic E-state index is 13.8. The minimum atomic E-state index is -2.17. The summed E-state index contributed by atoms with van der Waals surface area (Å²) in [5.74, 6) is -12.1. The molecule has 2 aliphatic heterocycles. The summed E-state index contributed by atoms with van der Waals surface area (Å²) < 4.78 is 41.5. The molecular formula is C31H30O20. The van der Waals surface area contributed by atoms with Crippen molar-refractivity contribution < 1.29 is 98.2 Å². The van der Waals surface area contributed by atoms with Crippen LogP contribution >= 0.6 is 0 Å². The number of methoxy groups -OCH3 is 2. The van der Waals surface area contributed by atoms with Crippen LogP contribution in [0, 0.1) is 0 Å². The van der Waals surface area contributed by atoms with Crippen LogP contribution in [0.5, 0.6) is 51.7 Å². The van der Waals surface area contributed by atoms with Crippen LogP contribution in [0.25, 0.3) is 11.1 Å². The van der Waals surface area contributed by atoms with Gasteiger partial charge >= 0.3 is 17.9 Å². The molecule has 2 aliphatic rings. The molecular weight excluding hydrogens is 692 g/mol. The molecule has 0 aliphatic carbocycles. The minimum absolute atomic E-state index is 0.536. The summed E-state index contributed by atoms with van der Waals surface area (Å²) in [7, 11) is 2.43. The number of benzene rings is 3. The van der Waals surface area contributed by atoms with Crippen molar-refractivity contribution >= 4 is 17.9 Å². The van der Waals surface area contributed by atoms with E-state index in [-0.39, 0.29) is 0 Å². The third-order valence-corrected chi connectivity index (χ3v) is 7.59. The average Bonchev–Trinajstić information content (AvgIpc) is 3.10. The van der Waals surface area contributed by atoms with Gasteiger partial charge in [-0.2, -0.15) is 0 Å². The zero-order valence-electron chi connectivity index (χ0n) is 26.3. The van der Waals surface area contributed by atoms with E-state index in [2.05, 4.69) is 0 Å². The van der Waals surface area contributed by atoms with E-state index in [1.54, 1.807) is 0 Å². The number of phenols is 7. The first-order valence-corrected chi connectivity index (χ1v) is 14.5. The molecule has 0 unspecified atom stereocenters. The Balaban J connectivity index is 1.61. The molecule has 5 rings (SSSR count). The molecule has 0 aromatic heterocycles. The molecule has 0 spiro atoms. The van der Waals surface area contributed by atoms with E-state index < -0.39 is 148 Å². The van der Waals surface area contributed by atoms with Gasteiger partial charge in [0, 0.05) is 25.3 Å². The highest BCUT2D eigenvalue weighted by molar-refractivity contribution is 6.08. The number of carbonyl (C=O) groups is 3. The molecule has 274 valence electrons. The molecule has 3 aromatic carbocycles. The highest BCUT2D eigenvalue weighted by atomic mass is 16.7. The van der Waals surface area contributed by atoms with E-state index in [1.807, 2.05) is 0 Å². The van der Waals surface area contributed by atoms with Gasteiger partial charge in [-0.05, 0) is 24.3 Å². The summed E-state index contributed by atoms with van der Waals surface area (Å²) in [6.45, 7) is -2.01. The van der Waals surface area contributed by atoms with E-state index >= 15 is 0 Å². The topological polar surface area (TPSA) is 307 Å². The molecule has 3 aromatic rings. The summed E-state index contributed by atoms with van der Waals surface area (Å²) >= 11 is 0. The lowest BCUT2D eigenvalue weighted by atomic mass is 9.91. The van der Waals surface area contributed by atoms with Gasteiger partial charge in [-0.1, -0.05) is 0 Å². The van der Waals surface area contributed by atoms with E-state index in [1.165, 1.54) is 14.2 Å². The Morgan fingerprint density at radius 3 is 1.75 bits per heavy atom. The lowest BCUT2D eigenvalue weighted by Crippen LogP contribution is -2.61. The fourth-order valence-electron chi connectivity index (χ4n) is 5.22. The molecule has 2 heterocycles. The van der Waals surface area contributed by atoms with Crippen molar-refractivity contribution in [1.29, 1.82) is 0 Å². The maximum Gasteiger partial charge on any atom is 0.340 e. The van der Waals surface area contributed by atoms with Gasteiger partial charge < -0.3 is 83.9 Å². The fraction of sp³-hybridized carbons (Fsp3) is 0.323. The first kappa shape index (κ1) is 36.4. The van der Waals surface area contributed by atoms with Gasteiger partial charge in [-0.3, -0.25) is 0 Å². The second-order valence-corrected chi connectivity index (χ2v) is 10.9. The molecule has 1 fully saturated rings. The number of carbonyl (C=O) groups excluding carboxylic acids is 3. The largest absolute Gasteiger partial charge is 0.504 e. The summed E-state index contributed by atoms with van der Waals surface area (Å²) in [4.78, 5) is 40.2. The van der Waals surface area contributed by atoms with Gasteiger partial charge in [0.2, 0.25) is 17.8 Å². The van der Waals surface area contributed by atoms with E-state index in [4.69, 9.17) is 37.9 Å². The molecule has 51 heavy (non-hydrogen) atoms. The monoisotopic (exact) mass is 722 g/mol. The van der Waals surface area contributed by atoms with Crippen molar-refractivity contribution in [3.63, 3.8) is 0 Å². The third-order valence-electron chi connectivity index (χ3n) is 7.59. The van der Waals surface area contributed by atoms with Crippen molar-refractivity contribution in [3.8, 4) is 62.9 Å². The molecule has 0 bridgehead atoms. The normalized spacial score (nSPS) is 21.5. The van der Waals surface area contributed by atoms with Gasteiger partial charge in [0.15, 0.2) is 59.9 Å². The van der Waals surface area contributed by atoms with Crippen molar-refractivity contribution in [2.75, 3.05) is 34.4 Å². The van der Waals surface area contributed by atoms with Crippen LogP contribution in [0.2, 0.25) is 0 Å². The van der Waals surface area contributed by atoms with Crippen LogP contribution in [0.4, 0.5) is 0 Å². The van der Waals surface area contributed by atoms with Gasteiger partial charge in [0.05, 0.1) is 16.7 Å². The van der Waals surface area contributed by atoms with Crippen molar-refractivity contribution in [1.82, 2.24) is 0 Å². The van der Waals surface area contributed by atoms with Crippen LogP contribution in [0.3, 0.4) is 0 Å². The second kappa shape index (κ2) is 14.5. The molecule has 0 radical (unpaired) electrons. The predicted octanol–water partition coefficient (Wildman–Crippen LogP) is 0.258. The van der Waals surface area contributed by atoms with Gasteiger partial charge in [-0.25, -0.2) is 14.4 Å². The van der Waals surface area contributed by atoms with Crippen molar-refractivity contribution in [2.24, 2.45) is 0 Å². The highest BCUT2D eigenvalue weighted by Gasteiger charge is 2.50. The van der Waals surface area contributed by atoms with Crippen LogP contribution in [-0.2, 0) is 28.4 Å². The Morgan fingerprint density at radius 2 is 1.24 bits per heavy atom. The standard InChI is InChI=1S/C31H30O20/c1-44-8-47-25-15(34)5-11-18(21(25)37)19-12(6-16(35)26(22(19)38)48-9-45-2)30(43)50-27-17(7-46-29(11)42)49-31(24(40)23(27)39)51-28(41)10-3-13(32)20(36)14(33)4-10/h3-6,17,23-24,27,31-40H,7-9H2,1-2H3/t17-,23-,24-,27-,31+/m1/s1. The molecule has 0 amide bonds. The van der Waals surface area contributed by atoms with Crippen molar-refractivity contribution in [3.05, 3.63) is 41.0 Å². The van der Waals surface area contributed by atoms with Crippen LogP contribution in [-0.4, -0.2) is 129 Å². The smallest absolute Gasteiger partial charge is 0.340 e. The number of cyclic esters (lactones) is 1. The number of aromatic hydroxyl groups is 7. The molecule has 9 N–H and O–H groups in total.